The van der Waals surface area contributed by atoms with Crippen molar-refractivity contribution in [3.05, 3.63) is 35.6 Å². The third-order valence-corrected chi connectivity index (χ3v) is 6.94. The third-order valence-electron chi connectivity index (χ3n) is 3.57. The van der Waals surface area contributed by atoms with Gasteiger partial charge in [0.1, 0.15) is 4.21 Å². The summed E-state index contributed by atoms with van der Waals surface area (Å²) in [5.41, 5.74) is 0.740. The molecule has 140 valence electrons. The quantitative estimate of drug-likeness (QED) is 0.604. The number of hydrogen-bond donors (Lipinski definition) is 0. The number of thiophene rings is 1. The van der Waals surface area contributed by atoms with Gasteiger partial charge in [0.2, 0.25) is 5.89 Å². The topological polar surface area (TPSA) is 102 Å². The Morgan fingerprint density at radius 3 is 2.65 bits per heavy atom. The Bertz CT molecular complexity index is 987. The molecule has 0 saturated heterocycles. The number of aryl methyl sites for hydroxylation is 1. The average Bonchev–Trinajstić information content (AvgIpc) is 3.27. The van der Waals surface area contributed by atoms with Crippen LogP contribution in [0.25, 0.3) is 10.6 Å². The fourth-order valence-electron chi connectivity index (χ4n) is 2.30. The molecule has 26 heavy (non-hydrogen) atoms. The van der Waals surface area contributed by atoms with Crippen LogP contribution in [0.5, 0.6) is 0 Å². The van der Waals surface area contributed by atoms with Crippen LogP contribution in [-0.2, 0) is 23.0 Å². The van der Waals surface area contributed by atoms with Crippen molar-refractivity contribution >= 4 is 21.4 Å². The molecule has 8 nitrogen and oxygen atoms in total. The predicted octanol–water partition coefficient (Wildman–Crippen LogP) is 3.11. The maximum atomic E-state index is 12.8. The molecule has 0 aliphatic carbocycles. The fraction of sp³-hybridized carbons (Fsp3) is 0.438. The second-order valence-electron chi connectivity index (χ2n) is 6.41. The summed E-state index contributed by atoms with van der Waals surface area (Å²) in [6.45, 7) is 5.94. The van der Waals surface area contributed by atoms with Crippen LogP contribution in [0.2, 0.25) is 0 Å². The Hall–Kier alpha value is -2.04. The van der Waals surface area contributed by atoms with Gasteiger partial charge in [-0.3, -0.25) is 0 Å². The minimum Gasteiger partial charge on any atom is -0.355 e. The van der Waals surface area contributed by atoms with Crippen LogP contribution in [0.4, 0.5) is 0 Å². The zero-order valence-corrected chi connectivity index (χ0v) is 16.6. The highest BCUT2D eigenvalue weighted by Gasteiger charge is 2.25. The lowest BCUT2D eigenvalue weighted by Crippen LogP contribution is -2.26. The van der Waals surface area contributed by atoms with E-state index in [0.717, 1.165) is 17.0 Å². The molecular formula is C16H20N4O4S2. The Balaban J connectivity index is 1.75. The molecule has 0 unspecified atom stereocenters. The van der Waals surface area contributed by atoms with Gasteiger partial charge in [-0.2, -0.15) is 9.29 Å². The maximum Gasteiger partial charge on any atom is 0.252 e. The molecule has 3 heterocycles. The third kappa shape index (κ3) is 4.02. The van der Waals surface area contributed by atoms with Gasteiger partial charge in [-0.1, -0.05) is 24.2 Å². The molecule has 0 fully saturated rings. The zero-order valence-electron chi connectivity index (χ0n) is 15.0. The van der Waals surface area contributed by atoms with Gasteiger partial charge in [0.25, 0.3) is 10.0 Å². The van der Waals surface area contributed by atoms with E-state index in [-0.39, 0.29) is 10.8 Å². The van der Waals surface area contributed by atoms with E-state index in [1.807, 2.05) is 20.8 Å². The van der Waals surface area contributed by atoms with Crippen molar-refractivity contribution in [2.75, 3.05) is 7.05 Å². The molecule has 0 atom stereocenters. The van der Waals surface area contributed by atoms with Gasteiger partial charge in [-0.05, 0) is 25.0 Å². The van der Waals surface area contributed by atoms with Gasteiger partial charge in [-0.25, -0.2) is 8.42 Å². The van der Waals surface area contributed by atoms with Gasteiger partial charge in [-0.15, -0.1) is 11.3 Å². The number of nitrogens with zero attached hydrogens (tertiary/aromatic N) is 4. The zero-order chi connectivity index (χ0) is 18.9. The second kappa shape index (κ2) is 7.29. The van der Waals surface area contributed by atoms with E-state index in [1.54, 1.807) is 18.2 Å². The number of sulfonamides is 1. The van der Waals surface area contributed by atoms with Crippen LogP contribution in [0.1, 0.15) is 31.3 Å². The molecule has 0 saturated carbocycles. The Kier molecular flexibility index (Phi) is 5.26. The van der Waals surface area contributed by atoms with Crippen molar-refractivity contribution in [1.82, 2.24) is 19.6 Å². The Labute approximate surface area is 155 Å². The molecule has 0 amide bonds. The normalized spacial score (nSPS) is 12.4. The highest BCUT2D eigenvalue weighted by atomic mass is 32.2. The van der Waals surface area contributed by atoms with Crippen LogP contribution in [0, 0.1) is 12.8 Å². The lowest BCUT2D eigenvalue weighted by Gasteiger charge is -2.13. The van der Waals surface area contributed by atoms with Crippen LogP contribution >= 0.6 is 11.3 Å². The summed E-state index contributed by atoms with van der Waals surface area (Å²) in [5.74, 6) is 1.79. The Morgan fingerprint density at radius 2 is 2.00 bits per heavy atom. The van der Waals surface area contributed by atoms with E-state index in [9.17, 15) is 8.42 Å². The molecule has 3 aromatic heterocycles. The second-order valence-corrected chi connectivity index (χ2v) is 9.77. The molecule has 3 aromatic rings. The van der Waals surface area contributed by atoms with Crippen molar-refractivity contribution < 1.29 is 17.5 Å². The van der Waals surface area contributed by atoms with Crippen molar-refractivity contribution in [3.63, 3.8) is 0 Å². The van der Waals surface area contributed by atoms with Crippen molar-refractivity contribution in [2.45, 2.75) is 37.9 Å². The van der Waals surface area contributed by atoms with E-state index >= 15 is 0 Å². The molecule has 0 aliphatic heterocycles. The first-order valence-electron chi connectivity index (χ1n) is 8.07. The van der Waals surface area contributed by atoms with E-state index in [1.165, 1.54) is 11.4 Å². The Morgan fingerprint density at radius 1 is 1.23 bits per heavy atom. The summed E-state index contributed by atoms with van der Waals surface area (Å²) in [7, 11) is -2.17. The van der Waals surface area contributed by atoms with Crippen LogP contribution in [0.3, 0.4) is 0 Å². The van der Waals surface area contributed by atoms with E-state index in [0.29, 0.717) is 34.7 Å². The smallest absolute Gasteiger partial charge is 0.252 e. The van der Waals surface area contributed by atoms with Crippen LogP contribution in [-0.4, -0.2) is 35.1 Å². The monoisotopic (exact) mass is 396 g/mol. The number of rotatable bonds is 7. The van der Waals surface area contributed by atoms with E-state index in [4.69, 9.17) is 9.05 Å². The molecule has 10 heteroatoms. The lowest BCUT2D eigenvalue weighted by atomic mass is 10.1. The predicted molar refractivity (Wildman–Crippen MR) is 96.0 cm³/mol. The fourth-order valence-corrected chi connectivity index (χ4v) is 4.89. The molecule has 0 spiro atoms. The summed E-state index contributed by atoms with van der Waals surface area (Å²) in [4.78, 5) is 4.95. The summed E-state index contributed by atoms with van der Waals surface area (Å²) in [5, 5.41) is 7.68. The molecule has 0 bridgehead atoms. The van der Waals surface area contributed by atoms with Crippen molar-refractivity contribution in [3.8, 4) is 10.6 Å². The van der Waals surface area contributed by atoms with E-state index in [2.05, 4.69) is 15.3 Å². The highest BCUT2D eigenvalue weighted by Crippen LogP contribution is 2.32. The SMILES string of the molecule is Cc1cc(-c2ccc(S(=O)(=O)N(C)Cc3noc(CC(C)C)n3)s2)on1. The minimum absolute atomic E-state index is 0.0403. The van der Waals surface area contributed by atoms with Crippen LogP contribution < -0.4 is 0 Å². The number of aromatic nitrogens is 3. The number of hydrogen-bond acceptors (Lipinski definition) is 8. The maximum absolute atomic E-state index is 12.8. The van der Waals surface area contributed by atoms with Gasteiger partial charge >= 0.3 is 0 Å². The molecule has 0 aliphatic rings. The van der Waals surface area contributed by atoms with Gasteiger partial charge in [0, 0.05) is 19.5 Å². The molecule has 0 radical (unpaired) electrons. The summed E-state index contributed by atoms with van der Waals surface area (Å²) in [6, 6.07) is 5.03. The first-order chi connectivity index (χ1) is 12.3. The summed E-state index contributed by atoms with van der Waals surface area (Å²) < 4.78 is 37.3. The van der Waals surface area contributed by atoms with Crippen molar-refractivity contribution in [1.29, 1.82) is 0 Å². The highest BCUT2D eigenvalue weighted by molar-refractivity contribution is 7.91. The first-order valence-corrected chi connectivity index (χ1v) is 10.3. The van der Waals surface area contributed by atoms with E-state index < -0.39 is 10.0 Å². The standard InChI is InChI=1S/C16H20N4O4S2/c1-10(2)7-15-17-14(19-24-15)9-20(4)26(21,22)16-6-5-13(25-16)12-8-11(3)18-23-12/h5-6,8,10H,7,9H2,1-4H3. The van der Waals surface area contributed by atoms with Gasteiger partial charge in [0.05, 0.1) is 17.1 Å². The molecule has 0 aromatic carbocycles. The summed E-state index contributed by atoms with van der Waals surface area (Å²) >= 11 is 1.13. The minimum atomic E-state index is -3.66. The lowest BCUT2D eigenvalue weighted by molar-refractivity contribution is 0.353. The molecular weight excluding hydrogens is 376 g/mol. The molecule has 3 rings (SSSR count). The molecule has 0 N–H and O–H groups in total. The van der Waals surface area contributed by atoms with Crippen LogP contribution in [0.15, 0.2) is 31.5 Å². The van der Waals surface area contributed by atoms with Gasteiger partial charge < -0.3 is 9.05 Å². The summed E-state index contributed by atoms with van der Waals surface area (Å²) in [6.07, 6.45) is 0.661. The first kappa shape index (κ1) is 18.7. The van der Waals surface area contributed by atoms with Gasteiger partial charge in [0.15, 0.2) is 11.6 Å². The van der Waals surface area contributed by atoms with Crippen molar-refractivity contribution in [2.24, 2.45) is 5.92 Å². The largest absolute Gasteiger partial charge is 0.355 e. The average molecular weight is 396 g/mol.